The van der Waals surface area contributed by atoms with Crippen molar-refractivity contribution in [3.63, 3.8) is 0 Å². The highest BCUT2D eigenvalue weighted by Gasteiger charge is 2.10. The Morgan fingerprint density at radius 3 is 2.81 bits per heavy atom. The summed E-state index contributed by atoms with van der Waals surface area (Å²) in [5, 5.41) is 3.33. The van der Waals surface area contributed by atoms with Crippen molar-refractivity contribution in [1.82, 2.24) is 0 Å². The number of carbonyl (C=O) groups is 1. The van der Waals surface area contributed by atoms with Crippen molar-refractivity contribution in [1.29, 1.82) is 0 Å². The van der Waals surface area contributed by atoms with Gasteiger partial charge in [-0.3, -0.25) is 4.79 Å². The number of para-hydroxylation sites is 1. The molecule has 108 valence electrons. The van der Waals surface area contributed by atoms with Gasteiger partial charge in [0.05, 0.1) is 16.4 Å². The fourth-order valence-corrected chi connectivity index (χ4v) is 2.59. The summed E-state index contributed by atoms with van der Waals surface area (Å²) in [7, 11) is 0. The van der Waals surface area contributed by atoms with E-state index in [0.29, 0.717) is 16.3 Å². The quantitative estimate of drug-likeness (QED) is 0.486. The number of nitrogens with one attached hydrogen (secondary N) is 1. The highest BCUT2D eigenvalue weighted by molar-refractivity contribution is 7.99. The minimum absolute atomic E-state index is 0.218. The minimum Gasteiger partial charge on any atom is -0.398 e. The third-order valence-electron chi connectivity index (χ3n) is 2.75. The van der Waals surface area contributed by atoms with Gasteiger partial charge in [-0.15, -0.1) is 18.3 Å². The Balaban J connectivity index is 2.19. The lowest BCUT2D eigenvalue weighted by Crippen LogP contribution is -2.12. The van der Waals surface area contributed by atoms with Crippen LogP contribution >= 0.6 is 23.4 Å². The van der Waals surface area contributed by atoms with Crippen LogP contribution in [0.5, 0.6) is 0 Å². The van der Waals surface area contributed by atoms with Gasteiger partial charge in [0.1, 0.15) is 0 Å². The molecule has 0 unspecified atom stereocenters. The van der Waals surface area contributed by atoms with Crippen LogP contribution in [0.2, 0.25) is 5.02 Å². The van der Waals surface area contributed by atoms with E-state index in [1.807, 2.05) is 30.3 Å². The summed E-state index contributed by atoms with van der Waals surface area (Å²) in [6, 6.07) is 12.5. The molecule has 5 heteroatoms. The standard InChI is InChI=1S/C16H15ClN2OS/c1-2-9-21-15-6-4-3-5-14(15)19-16(20)11-7-8-12(17)13(18)10-11/h2-8,10H,1,9,18H2,(H,19,20). The van der Waals surface area contributed by atoms with E-state index in [-0.39, 0.29) is 5.91 Å². The molecule has 0 spiro atoms. The zero-order valence-corrected chi connectivity index (χ0v) is 12.9. The number of thioether (sulfide) groups is 1. The molecule has 0 heterocycles. The van der Waals surface area contributed by atoms with E-state index in [1.54, 1.807) is 30.0 Å². The molecule has 2 aromatic carbocycles. The molecule has 2 rings (SSSR count). The molecule has 2 aromatic rings. The maximum absolute atomic E-state index is 12.3. The average Bonchev–Trinajstić information content (AvgIpc) is 2.49. The molecule has 3 nitrogen and oxygen atoms in total. The lowest BCUT2D eigenvalue weighted by atomic mass is 10.2. The van der Waals surface area contributed by atoms with Crippen molar-refractivity contribution in [3.05, 3.63) is 65.7 Å². The predicted octanol–water partition coefficient (Wildman–Crippen LogP) is 4.45. The van der Waals surface area contributed by atoms with Gasteiger partial charge in [-0.25, -0.2) is 0 Å². The summed E-state index contributed by atoms with van der Waals surface area (Å²) >= 11 is 7.47. The van der Waals surface area contributed by atoms with Gasteiger partial charge in [-0.1, -0.05) is 29.8 Å². The Morgan fingerprint density at radius 1 is 1.33 bits per heavy atom. The van der Waals surface area contributed by atoms with Crippen molar-refractivity contribution in [2.24, 2.45) is 0 Å². The van der Waals surface area contributed by atoms with Gasteiger partial charge in [0.2, 0.25) is 0 Å². The lowest BCUT2D eigenvalue weighted by molar-refractivity contribution is 0.102. The van der Waals surface area contributed by atoms with Crippen molar-refractivity contribution in [3.8, 4) is 0 Å². The molecule has 0 aliphatic heterocycles. The minimum atomic E-state index is -0.218. The Hall–Kier alpha value is -1.91. The first-order chi connectivity index (χ1) is 10.1. The van der Waals surface area contributed by atoms with Crippen molar-refractivity contribution >= 4 is 40.6 Å². The third kappa shape index (κ3) is 4.03. The molecule has 3 N–H and O–H groups in total. The molecule has 0 aromatic heterocycles. The Labute approximate surface area is 133 Å². The van der Waals surface area contributed by atoms with E-state index >= 15 is 0 Å². The number of halogens is 1. The summed E-state index contributed by atoms with van der Waals surface area (Å²) in [4.78, 5) is 13.3. The molecular weight excluding hydrogens is 304 g/mol. The SMILES string of the molecule is C=CCSc1ccccc1NC(=O)c1ccc(Cl)c(N)c1. The second kappa shape index (κ2) is 7.20. The smallest absolute Gasteiger partial charge is 0.255 e. The summed E-state index contributed by atoms with van der Waals surface area (Å²) in [5.41, 5.74) is 7.35. The Kier molecular flexibility index (Phi) is 5.31. The van der Waals surface area contributed by atoms with E-state index in [1.165, 1.54) is 0 Å². The molecule has 0 radical (unpaired) electrons. The second-order valence-electron chi connectivity index (χ2n) is 4.29. The number of benzene rings is 2. The van der Waals surface area contributed by atoms with Crippen LogP contribution in [0.15, 0.2) is 60.0 Å². The third-order valence-corrected chi connectivity index (χ3v) is 4.16. The van der Waals surface area contributed by atoms with Gasteiger partial charge in [-0.05, 0) is 30.3 Å². The summed E-state index contributed by atoms with van der Waals surface area (Å²) < 4.78 is 0. The van der Waals surface area contributed by atoms with E-state index < -0.39 is 0 Å². The van der Waals surface area contributed by atoms with Crippen LogP contribution in [0.1, 0.15) is 10.4 Å². The Morgan fingerprint density at radius 2 is 2.10 bits per heavy atom. The molecule has 0 aliphatic rings. The van der Waals surface area contributed by atoms with Crippen molar-refractivity contribution in [2.75, 3.05) is 16.8 Å². The first-order valence-corrected chi connectivity index (χ1v) is 7.67. The fourth-order valence-electron chi connectivity index (χ4n) is 1.72. The summed E-state index contributed by atoms with van der Waals surface area (Å²) in [6.07, 6.45) is 1.82. The van der Waals surface area contributed by atoms with E-state index in [4.69, 9.17) is 17.3 Å². The molecule has 0 fully saturated rings. The zero-order chi connectivity index (χ0) is 15.2. The second-order valence-corrected chi connectivity index (χ2v) is 5.76. The van der Waals surface area contributed by atoms with Gasteiger partial charge in [0.25, 0.3) is 5.91 Å². The van der Waals surface area contributed by atoms with Crippen LogP contribution in [0.25, 0.3) is 0 Å². The first-order valence-electron chi connectivity index (χ1n) is 6.31. The summed E-state index contributed by atoms with van der Waals surface area (Å²) in [6.45, 7) is 3.70. The molecule has 0 atom stereocenters. The van der Waals surface area contributed by atoms with Crippen LogP contribution in [0.3, 0.4) is 0 Å². The number of hydrogen-bond donors (Lipinski definition) is 2. The number of nitrogen functional groups attached to an aromatic ring is 1. The molecule has 21 heavy (non-hydrogen) atoms. The van der Waals surface area contributed by atoms with Crippen molar-refractivity contribution < 1.29 is 4.79 Å². The van der Waals surface area contributed by atoms with Crippen molar-refractivity contribution in [2.45, 2.75) is 4.90 Å². The number of amides is 1. The molecular formula is C16H15ClN2OS. The monoisotopic (exact) mass is 318 g/mol. The maximum atomic E-state index is 12.3. The fraction of sp³-hybridized carbons (Fsp3) is 0.0625. The number of carbonyl (C=O) groups excluding carboxylic acids is 1. The molecule has 0 saturated heterocycles. The lowest BCUT2D eigenvalue weighted by Gasteiger charge is -2.10. The number of hydrogen-bond acceptors (Lipinski definition) is 3. The number of anilines is 2. The van der Waals surface area contributed by atoms with Gasteiger partial charge in [0, 0.05) is 16.2 Å². The molecule has 1 amide bonds. The van der Waals surface area contributed by atoms with Crippen LogP contribution in [0, 0.1) is 0 Å². The van der Waals surface area contributed by atoms with Crippen LogP contribution in [0.4, 0.5) is 11.4 Å². The van der Waals surface area contributed by atoms with Gasteiger partial charge in [0.15, 0.2) is 0 Å². The topological polar surface area (TPSA) is 55.1 Å². The highest BCUT2D eigenvalue weighted by Crippen LogP contribution is 2.28. The van der Waals surface area contributed by atoms with Crippen LogP contribution in [-0.4, -0.2) is 11.7 Å². The summed E-state index contributed by atoms with van der Waals surface area (Å²) in [5.74, 6) is 0.561. The van der Waals surface area contributed by atoms with E-state index in [2.05, 4.69) is 11.9 Å². The molecule has 0 aliphatic carbocycles. The molecule has 0 bridgehead atoms. The molecule has 0 saturated carbocycles. The van der Waals surface area contributed by atoms with Gasteiger partial charge >= 0.3 is 0 Å². The normalized spacial score (nSPS) is 10.1. The van der Waals surface area contributed by atoms with E-state index in [9.17, 15) is 4.79 Å². The number of rotatable bonds is 5. The average molecular weight is 319 g/mol. The van der Waals surface area contributed by atoms with E-state index in [0.717, 1.165) is 16.3 Å². The largest absolute Gasteiger partial charge is 0.398 e. The van der Waals surface area contributed by atoms with Gasteiger partial charge in [-0.2, -0.15) is 0 Å². The first kappa shape index (κ1) is 15.5. The maximum Gasteiger partial charge on any atom is 0.255 e. The Bertz CT molecular complexity index is 673. The zero-order valence-electron chi connectivity index (χ0n) is 11.3. The van der Waals surface area contributed by atoms with Crippen LogP contribution in [-0.2, 0) is 0 Å². The van der Waals surface area contributed by atoms with Gasteiger partial charge < -0.3 is 11.1 Å². The number of nitrogens with two attached hydrogens (primary N) is 1. The highest BCUT2D eigenvalue weighted by atomic mass is 35.5. The predicted molar refractivity (Wildman–Crippen MR) is 91.2 cm³/mol. The van der Waals surface area contributed by atoms with Crippen LogP contribution < -0.4 is 11.1 Å².